The molecule has 2 rings (SSSR count). The number of carbonyl (C=O) groups excluding carboxylic acids is 1. The Hall–Kier alpha value is -2.37. The van der Waals surface area contributed by atoms with Crippen LogP contribution in [0.4, 0.5) is 13.2 Å². The van der Waals surface area contributed by atoms with Crippen LogP contribution in [0.1, 0.15) is 16.1 Å². The fourth-order valence-corrected chi connectivity index (χ4v) is 1.78. The number of nitrogens with zero attached hydrogens (tertiary/aromatic N) is 1. The number of rotatable bonds is 2. The second-order valence-corrected chi connectivity index (χ2v) is 4.02. The lowest BCUT2D eigenvalue weighted by atomic mass is 10.0. The van der Waals surface area contributed by atoms with E-state index in [0.29, 0.717) is 5.56 Å². The molecule has 0 aliphatic rings. The van der Waals surface area contributed by atoms with E-state index in [9.17, 15) is 18.0 Å². The second-order valence-electron chi connectivity index (χ2n) is 4.02. The molecular formula is C13H9F3N2O. The maximum absolute atomic E-state index is 13.8. The zero-order chi connectivity index (χ0) is 14.2. The van der Waals surface area contributed by atoms with Crippen molar-refractivity contribution in [1.82, 2.24) is 4.98 Å². The highest BCUT2D eigenvalue weighted by atomic mass is 19.1. The van der Waals surface area contributed by atoms with Crippen LogP contribution >= 0.6 is 0 Å². The molecule has 0 saturated carbocycles. The van der Waals surface area contributed by atoms with Gasteiger partial charge in [-0.3, -0.25) is 4.79 Å². The highest BCUT2D eigenvalue weighted by molar-refractivity contribution is 5.97. The van der Waals surface area contributed by atoms with E-state index in [-0.39, 0.29) is 11.3 Å². The molecule has 0 unspecified atom stereocenters. The molecule has 6 heteroatoms. The number of nitrogens with two attached hydrogens (primary N) is 1. The van der Waals surface area contributed by atoms with E-state index in [1.165, 1.54) is 6.92 Å². The average Bonchev–Trinajstić information content (AvgIpc) is 2.27. The van der Waals surface area contributed by atoms with Crippen LogP contribution in [0, 0.1) is 24.4 Å². The van der Waals surface area contributed by atoms with E-state index in [1.54, 1.807) is 0 Å². The van der Waals surface area contributed by atoms with Gasteiger partial charge in [0.15, 0.2) is 0 Å². The van der Waals surface area contributed by atoms with Gasteiger partial charge in [0, 0.05) is 5.56 Å². The lowest BCUT2D eigenvalue weighted by Gasteiger charge is -2.09. The van der Waals surface area contributed by atoms with Crippen molar-refractivity contribution in [3.05, 3.63) is 53.1 Å². The van der Waals surface area contributed by atoms with E-state index in [2.05, 4.69) is 4.98 Å². The van der Waals surface area contributed by atoms with Crippen LogP contribution in [-0.2, 0) is 0 Å². The number of hydrogen-bond acceptors (Lipinski definition) is 2. The van der Waals surface area contributed by atoms with E-state index < -0.39 is 28.9 Å². The molecule has 3 nitrogen and oxygen atoms in total. The number of benzene rings is 1. The van der Waals surface area contributed by atoms with Gasteiger partial charge < -0.3 is 5.73 Å². The fourth-order valence-electron chi connectivity index (χ4n) is 1.78. The molecule has 1 amide bonds. The third kappa shape index (κ3) is 2.42. The maximum atomic E-state index is 13.8. The van der Waals surface area contributed by atoms with Crippen molar-refractivity contribution in [3.63, 3.8) is 0 Å². The lowest BCUT2D eigenvalue weighted by molar-refractivity contribution is 0.0996. The summed E-state index contributed by atoms with van der Waals surface area (Å²) in [7, 11) is 0. The normalized spacial score (nSPS) is 10.5. The van der Waals surface area contributed by atoms with E-state index in [1.807, 2.05) is 0 Å². The summed E-state index contributed by atoms with van der Waals surface area (Å²) in [5, 5.41) is 0. The Kier molecular flexibility index (Phi) is 3.25. The minimum atomic E-state index is -0.991. The number of aromatic nitrogens is 1. The Morgan fingerprint density at radius 3 is 2.26 bits per heavy atom. The van der Waals surface area contributed by atoms with Gasteiger partial charge in [-0.05, 0) is 30.7 Å². The SMILES string of the molecule is Cc1cc(F)c(-c2cc(F)cnc2C(N)=O)c(F)c1. The summed E-state index contributed by atoms with van der Waals surface area (Å²) < 4.78 is 40.8. The Morgan fingerprint density at radius 2 is 1.74 bits per heavy atom. The molecule has 0 bridgehead atoms. The van der Waals surface area contributed by atoms with Crippen molar-refractivity contribution in [2.75, 3.05) is 0 Å². The van der Waals surface area contributed by atoms with Crippen LogP contribution in [0.3, 0.4) is 0 Å². The summed E-state index contributed by atoms with van der Waals surface area (Å²) >= 11 is 0. The highest BCUT2D eigenvalue weighted by Gasteiger charge is 2.20. The summed E-state index contributed by atoms with van der Waals surface area (Å²) in [6.45, 7) is 1.51. The molecule has 0 atom stereocenters. The van der Waals surface area contributed by atoms with Crippen LogP contribution in [0.15, 0.2) is 24.4 Å². The van der Waals surface area contributed by atoms with Crippen molar-refractivity contribution in [1.29, 1.82) is 0 Å². The first-order valence-corrected chi connectivity index (χ1v) is 5.31. The fraction of sp³-hybridized carbons (Fsp3) is 0.0769. The third-order valence-corrected chi connectivity index (χ3v) is 2.54. The van der Waals surface area contributed by atoms with Gasteiger partial charge >= 0.3 is 0 Å². The summed E-state index contributed by atoms with van der Waals surface area (Å²) in [5.41, 5.74) is 4.22. The molecule has 19 heavy (non-hydrogen) atoms. The topological polar surface area (TPSA) is 56.0 Å². The summed E-state index contributed by atoms with van der Waals surface area (Å²) in [4.78, 5) is 14.7. The second kappa shape index (κ2) is 4.72. The predicted molar refractivity (Wildman–Crippen MR) is 62.8 cm³/mol. The summed E-state index contributed by atoms with van der Waals surface area (Å²) in [5.74, 6) is -3.63. The largest absolute Gasteiger partial charge is 0.364 e. The zero-order valence-electron chi connectivity index (χ0n) is 9.88. The van der Waals surface area contributed by atoms with Crippen LogP contribution in [0.2, 0.25) is 0 Å². The van der Waals surface area contributed by atoms with Gasteiger partial charge in [0.25, 0.3) is 5.91 Å². The molecule has 2 aromatic rings. The van der Waals surface area contributed by atoms with Crippen LogP contribution < -0.4 is 5.73 Å². The molecule has 2 N–H and O–H groups in total. The van der Waals surface area contributed by atoms with Crippen LogP contribution in [0.25, 0.3) is 11.1 Å². The molecule has 0 aliphatic heterocycles. The Bertz CT molecular complexity index is 648. The number of hydrogen-bond donors (Lipinski definition) is 1. The number of pyridine rings is 1. The van der Waals surface area contributed by atoms with Crippen LogP contribution in [0.5, 0.6) is 0 Å². The van der Waals surface area contributed by atoms with Gasteiger partial charge in [-0.15, -0.1) is 0 Å². The predicted octanol–water partition coefficient (Wildman–Crippen LogP) is 2.57. The van der Waals surface area contributed by atoms with Crippen molar-refractivity contribution >= 4 is 5.91 Å². The summed E-state index contributed by atoms with van der Waals surface area (Å²) in [6.07, 6.45) is 0.758. The molecule has 0 radical (unpaired) electrons. The minimum absolute atomic E-state index is 0.303. The van der Waals surface area contributed by atoms with Gasteiger partial charge in [0.2, 0.25) is 0 Å². The van der Waals surface area contributed by atoms with Crippen LogP contribution in [-0.4, -0.2) is 10.9 Å². The number of aryl methyl sites for hydroxylation is 1. The Labute approximate surface area is 106 Å². The van der Waals surface area contributed by atoms with Crippen molar-refractivity contribution in [2.24, 2.45) is 5.73 Å². The van der Waals surface area contributed by atoms with Gasteiger partial charge in [-0.25, -0.2) is 18.2 Å². The molecule has 1 heterocycles. The summed E-state index contributed by atoms with van der Waals surface area (Å²) in [6, 6.07) is 2.98. The minimum Gasteiger partial charge on any atom is -0.364 e. The first-order chi connectivity index (χ1) is 8.90. The molecular weight excluding hydrogens is 257 g/mol. The van der Waals surface area contributed by atoms with Crippen molar-refractivity contribution in [3.8, 4) is 11.1 Å². The van der Waals surface area contributed by atoms with E-state index >= 15 is 0 Å². The molecule has 0 spiro atoms. The first-order valence-electron chi connectivity index (χ1n) is 5.31. The quantitative estimate of drug-likeness (QED) is 0.908. The number of primary amides is 1. The highest BCUT2D eigenvalue weighted by Crippen LogP contribution is 2.29. The number of carbonyl (C=O) groups is 1. The molecule has 1 aromatic carbocycles. The van der Waals surface area contributed by atoms with Crippen molar-refractivity contribution < 1.29 is 18.0 Å². The molecule has 0 saturated heterocycles. The number of amides is 1. The lowest BCUT2D eigenvalue weighted by Crippen LogP contribution is -2.15. The average molecular weight is 266 g/mol. The molecule has 98 valence electrons. The van der Waals surface area contributed by atoms with Gasteiger partial charge in [0.05, 0.1) is 11.8 Å². The van der Waals surface area contributed by atoms with Crippen molar-refractivity contribution in [2.45, 2.75) is 6.92 Å². The van der Waals surface area contributed by atoms with Gasteiger partial charge in [0.1, 0.15) is 23.1 Å². The van der Waals surface area contributed by atoms with E-state index in [0.717, 1.165) is 24.4 Å². The maximum Gasteiger partial charge on any atom is 0.267 e. The Balaban J connectivity index is 2.78. The molecule has 0 aliphatic carbocycles. The third-order valence-electron chi connectivity index (χ3n) is 2.54. The van der Waals surface area contributed by atoms with Gasteiger partial charge in [-0.1, -0.05) is 0 Å². The van der Waals surface area contributed by atoms with Gasteiger partial charge in [-0.2, -0.15) is 0 Å². The van der Waals surface area contributed by atoms with E-state index in [4.69, 9.17) is 5.73 Å². The molecule has 0 fully saturated rings. The first kappa shape index (κ1) is 13.1. The monoisotopic (exact) mass is 266 g/mol. The number of halogens is 3. The zero-order valence-corrected chi connectivity index (χ0v) is 9.88. The smallest absolute Gasteiger partial charge is 0.267 e. The Morgan fingerprint density at radius 1 is 1.16 bits per heavy atom. The standard InChI is InChI=1S/C13H9F3N2O/c1-6-2-9(15)11(10(16)3-6)8-4-7(14)5-18-12(8)13(17)19/h2-5H,1H3,(H2,17,19). The molecule has 1 aromatic heterocycles.